The maximum atomic E-state index is 15.3. The van der Waals surface area contributed by atoms with E-state index in [1.807, 2.05) is 48.5 Å². The second-order valence-electron chi connectivity index (χ2n) is 11.4. The Bertz CT molecular complexity index is 2570. The molecular formula is C40H26N3OP. The first-order valence-electron chi connectivity index (χ1n) is 15.0. The van der Waals surface area contributed by atoms with Gasteiger partial charge in [0.05, 0.1) is 11.0 Å². The highest BCUT2D eigenvalue weighted by Gasteiger charge is 2.33. The molecule has 9 rings (SSSR count). The molecule has 5 heteroatoms. The summed E-state index contributed by atoms with van der Waals surface area (Å²) in [6.45, 7) is 0. The van der Waals surface area contributed by atoms with Crippen LogP contribution in [-0.4, -0.2) is 14.5 Å². The molecule has 0 bridgehead atoms. The smallest absolute Gasteiger partial charge is 0.206 e. The van der Waals surface area contributed by atoms with E-state index >= 15 is 4.57 Å². The van der Waals surface area contributed by atoms with Gasteiger partial charge in [0.2, 0.25) is 7.14 Å². The van der Waals surface area contributed by atoms with Crippen LogP contribution in [0.1, 0.15) is 0 Å². The van der Waals surface area contributed by atoms with Crippen LogP contribution in [0, 0.1) is 0 Å². The Morgan fingerprint density at radius 3 is 1.51 bits per heavy atom. The molecule has 3 aromatic heterocycles. The summed E-state index contributed by atoms with van der Waals surface area (Å²) in [7, 11) is -3.38. The Hall–Kier alpha value is -5.57. The first kappa shape index (κ1) is 25.9. The normalized spacial score (nSPS) is 12.1. The summed E-state index contributed by atoms with van der Waals surface area (Å²) in [6, 6.07) is 49.8. The molecule has 0 aliphatic rings. The Labute approximate surface area is 259 Å². The lowest BCUT2D eigenvalue weighted by atomic mass is 9.93. The Kier molecular flexibility index (Phi) is 5.74. The summed E-state index contributed by atoms with van der Waals surface area (Å²) < 4.78 is 17.6. The number of nitrogens with zero attached hydrogens (tertiary/aromatic N) is 3. The average Bonchev–Trinajstić information content (AvgIpc) is 3.44. The highest BCUT2D eigenvalue weighted by atomic mass is 31.2. The molecule has 0 fully saturated rings. The van der Waals surface area contributed by atoms with Crippen molar-refractivity contribution >= 4 is 77.4 Å². The minimum Gasteiger partial charge on any atom is -0.309 e. The standard InChI is InChI=1S/C40H26N3OP/c44-45(39-18-8-10-22-41-39,40-19-9-11-23-42-40)28-20-21-33-36-25-34-31-16-6-4-14-29(31)30-15-5-7-17-32(30)35(34)26-38(36)43(37(33)24-28)27-12-2-1-3-13-27/h1-26H. The molecule has 3 heterocycles. The van der Waals surface area contributed by atoms with E-state index < -0.39 is 7.14 Å². The average molecular weight is 596 g/mol. The van der Waals surface area contributed by atoms with Crippen molar-refractivity contribution in [3.05, 3.63) is 158 Å². The lowest BCUT2D eigenvalue weighted by Crippen LogP contribution is -2.28. The summed E-state index contributed by atoms with van der Waals surface area (Å²) in [5.41, 5.74) is 4.18. The topological polar surface area (TPSA) is 47.8 Å². The van der Waals surface area contributed by atoms with Gasteiger partial charge in [-0.15, -0.1) is 0 Å². The third-order valence-electron chi connectivity index (χ3n) is 8.94. The summed E-state index contributed by atoms with van der Waals surface area (Å²) in [5.74, 6) is 0. The van der Waals surface area contributed by atoms with Crippen LogP contribution in [0.2, 0.25) is 0 Å². The summed E-state index contributed by atoms with van der Waals surface area (Å²) >= 11 is 0. The molecule has 0 spiro atoms. The van der Waals surface area contributed by atoms with Gasteiger partial charge in [0.1, 0.15) is 10.9 Å². The van der Waals surface area contributed by atoms with E-state index in [2.05, 4.69) is 112 Å². The molecule has 0 aliphatic carbocycles. The number of benzene rings is 6. The van der Waals surface area contributed by atoms with Crippen LogP contribution >= 0.6 is 7.14 Å². The van der Waals surface area contributed by atoms with Crippen molar-refractivity contribution in [2.24, 2.45) is 0 Å². The van der Waals surface area contributed by atoms with E-state index in [0.717, 1.165) is 27.5 Å². The van der Waals surface area contributed by atoms with Crippen molar-refractivity contribution in [2.45, 2.75) is 0 Å². The fourth-order valence-electron chi connectivity index (χ4n) is 6.92. The zero-order chi connectivity index (χ0) is 30.0. The minimum absolute atomic E-state index is 0.522. The molecule has 4 nitrogen and oxygen atoms in total. The van der Waals surface area contributed by atoms with Crippen molar-refractivity contribution in [1.82, 2.24) is 14.5 Å². The maximum absolute atomic E-state index is 15.3. The second-order valence-corrected chi connectivity index (χ2v) is 14.0. The van der Waals surface area contributed by atoms with E-state index in [4.69, 9.17) is 0 Å². The highest BCUT2D eigenvalue weighted by molar-refractivity contribution is 7.85. The van der Waals surface area contributed by atoms with Crippen LogP contribution < -0.4 is 16.2 Å². The minimum atomic E-state index is -3.38. The van der Waals surface area contributed by atoms with Gasteiger partial charge in [-0.1, -0.05) is 84.9 Å². The zero-order valence-corrected chi connectivity index (χ0v) is 25.1. The van der Waals surface area contributed by atoms with Crippen molar-refractivity contribution in [2.75, 3.05) is 0 Å². The first-order chi connectivity index (χ1) is 22.2. The van der Waals surface area contributed by atoms with E-state index in [9.17, 15) is 0 Å². The SMILES string of the molecule is O=P(c1ccc2c3cc4c5ccccc5c5ccccc5c4cc3n(-c3ccccc3)c2c1)(c1ccccn1)c1ccccn1. The van der Waals surface area contributed by atoms with Crippen molar-refractivity contribution in [3.8, 4) is 5.69 Å². The molecule has 9 aromatic rings. The molecule has 0 radical (unpaired) electrons. The van der Waals surface area contributed by atoms with Crippen LogP contribution in [0.15, 0.2) is 158 Å². The van der Waals surface area contributed by atoms with E-state index in [-0.39, 0.29) is 0 Å². The molecule has 0 N–H and O–H groups in total. The van der Waals surface area contributed by atoms with Gasteiger partial charge in [0.15, 0.2) is 0 Å². The number of para-hydroxylation sites is 1. The first-order valence-corrected chi connectivity index (χ1v) is 16.7. The van der Waals surface area contributed by atoms with Gasteiger partial charge in [-0.2, -0.15) is 0 Å². The Morgan fingerprint density at radius 2 is 0.933 bits per heavy atom. The van der Waals surface area contributed by atoms with Crippen LogP contribution in [0.4, 0.5) is 0 Å². The zero-order valence-electron chi connectivity index (χ0n) is 24.2. The second kappa shape index (κ2) is 9.99. The predicted molar refractivity (Wildman–Crippen MR) is 188 cm³/mol. The van der Waals surface area contributed by atoms with Gasteiger partial charge in [0.25, 0.3) is 0 Å². The largest absolute Gasteiger partial charge is 0.309 e. The van der Waals surface area contributed by atoms with Crippen LogP contribution in [0.3, 0.4) is 0 Å². The molecular weight excluding hydrogens is 569 g/mol. The third kappa shape index (κ3) is 3.83. The molecule has 6 aromatic carbocycles. The predicted octanol–water partition coefficient (Wildman–Crippen LogP) is 8.67. The monoisotopic (exact) mass is 595 g/mol. The van der Waals surface area contributed by atoms with E-state index in [0.29, 0.717) is 16.2 Å². The molecule has 0 unspecified atom stereocenters. The third-order valence-corrected chi connectivity index (χ3v) is 11.8. The maximum Gasteiger partial charge on any atom is 0.206 e. The van der Waals surface area contributed by atoms with Gasteiger partial charge in [0, 0.05) is 34.2 Å². The Balaban J connectivity index is 1.43. The highest BCUT2D eigenvalue weighted by Crippen LogP contribution is 2.44. The fourth-order valence-corrected chi connectivity index (χ4v) is 9.32. The molecule has 45 heavy (non-hydrogen) atoms. The van der Waals surface area contributed by atoms with Gasteiger partial charge < -0.3 is 9.13 Å². The van der Waals surface area contributed by atoms with Crippen molar-refractivity contribution in [3.63, 3.8) is 0 Å². The van der Waals surface area contributed by atoms with Crippen molar-refractivity contribution in [1.29, 1.82) is 0 Å². The van der Waals surface area contributed by atoms with E-state index in [1.54, 1.807) is 12.4 Å². The Morgan fingerprint density at radius 1 is 0.422 bits per heavy atom. The lowest BCUT2D eigenvalue weighted by molar-refractivity contribution is 0.591. The number of fused-ring (bicyclic) bond motifs is 9. The number of hydrogen-bond acceptors (Lipinski definition) is 3. The van der Waals surface area contributed by atoms with Gasteiger partial charge in [-0.05, 0) is 93.0 Å². The van der Waals surface area contributed by atoms with Crippen LogP contribution in [-0.2, 0) is 4.57 Å². The molecule has 0 aliphatic heterocycles. The molecule has 0 atom stereocenters. The molecule has 0 amide bonds. The van der Waals surface area contributed by atoms with Crippen LogP contribution in [0.25, 0.3) is 59.8 Å². The number of pyridine rings is 2. The van der Waals surface area contributed by atoms with Crippen LogP contribution in [0.5, 0.6) is 0 Å². The molecule has 212 valence electrons. The summed E-state index contributed by atoms with van der Waals surface area (Å²) in [4.78, 5) is 9.18. The van der Waals surface area contributed by atoms with Gasteiger partial charge in [-0.25, -0.2) is 0 Å². The molecule has 0 saturated heterocycles. The lowest BCUT2D eigenvalue weighted by Gasteiger charge is -2.18. The number of rotatable bonds is 4. The molecule has 0 saturated carbocycles. The van der Waals surface area contributed by atoms with Crippen molar-refractivity contribution < 1.29 is 4.57 Å². The fraction of sp³-hybridized carbons (Fsp3) is 0. The van der Waals surface area contributed by atoms with E-state index in [1.165, 1.54) is 32.3 Å². The quantitative estimate of drug-likeness (QED) is 0.151. The van der Waals surface area contributed by atoms with Gasteiger partial charge >= 0.3 is 0 Å². The number of aromatic nitrogens is 3. The summed E-state index contributed by atoms with van der Waals surface area (Å²) in [6.07, 6.45) is 3.40. The number of hydrogen-bond donors (Lipinski definition) is 0. The summed E-state index contributed by atoms with van der Waals surface area (Å²) in [5, 5.41) is 10.4. The van der Waals surface area contributed by atoms with Gasteiger partial charge in [-0.3, -0.25) is 9.97 Å².